The lowest BCUT2D eigenvalue weighted by molar-refractivity contribution is -0.123. The van der Waals surface area contributed by atoms with Gasteiger partial charge in [0.2, 0.25) is 0 Å². The third kappa shape index (κ3) is 5.24. The van der Waals surface area contributed by atoms with Crippen LogP contribution < -0.4 is 14.8 Å². The van der Waals surface area contributed by atoms with Gasteiger partial charge in [0.15, 0.2) is 18.1 Å². The van der Waals surface area contributed by atoms with Crippen molar-refractivity contribution in [1.29, 1.82) is 0 Å². The molecular formula is C21H27NO3. The lowest BCUT2D eigenvalue weighted by Crippen LogP contribution is -2.31. The zero-order valence-electron chi connectivity index (χ0n) is 15.6. The zero-order valence-corrected chi connectivity index (χ0v) is 15.6. The van der Waals surface area contributed by atoms with E-state index >= 15 is 0 Å². The van der Waals surface area contributed by atoms with Crippen LogP contribution in [0.15, 0.2) is 48.5 Å². The molecule has 0 bridgehead atoms. The summed E-state index contributed by atoms with van der Waals surface area (Å²) in [6.07, 6.45) is 0. The predicted molar refractivity (Wildman–Crippen MR) is 100 cm³/mol. The maximum atomic E-state index is 12.1. The number of rotatable bonds is 6. The smallest absolute Gasteiger partial charge is 0.258 e. The summed E-state index contributed by atoms with van der Waals surface area (Å²) < 4.78 is 10.8. The van der Waals surface area contributed by atoms with Gasteiger partial charge in [-0.2, -0.15) is 0 Å². The summed E-state index contributed by atoms with van der Waals surface area (Å²) in [4.78, 5) is 12.1. The predicted octanol–water partition coefficient (Wildman–Crippen LogP) is 4.25. The number of carbonyl (C=O) groups is 1. The van der Waals surface area contributed by atoms with E-state index < -0.39 is 0 Å². The van der Waals surface area contributed by atoms with Gasteiger partial charge in [-0.3, -0.25) is 4.79 Å². The van der Waals surface area contributed by atoms with E-state index in [2.05, 4.69) is 50.4 Å². The molecule has 0 spiro atoms. The highest BCUT2D eigenvalue weighted by molar-refractivity contribution is 5.78. The van der Waals surface area contributed by atoms with E-state index in [0.29, 0.717) is 11.5 Å². The number of ether oxygens (including phenoxy) is 2. The highest BCUT2D eigenvalue weighted by Gasteiger charge is 2.15. The molecule has 0 aliphatic heterocycles. The van der Waals surface area contributed by atoms with E-state index in [-0.39, 0.29) is 24.0 Å². The lowest BCUT2D eigenvalue weighted by Gasteiger charge is -2.21. The molecule has 0 saturated carbocycles. The summed E-state index contributed by atoms with van der Waals surface area (Å²) in [5, 5.41) is 2.96. The van der Waals surface area contributed by atoms with Gasteiger partial charge in [-0.15, -0.1) is 0 Å². The summed E-state index contributed by atoms with van der Waals surface area (Å²) in [5.41, 5.74) is 2.46. The van der Waals surface area contributed by atoms with E-state index in [1.54, 1.807) is 19.2 Å². The molecule has 0 saturated heterocycles. The van der Waals surface area contributed by atoms with Crippen molar-refractivity contribution < 1.29 is 14.3 Å². The maximum absolute atomic E-state index is 12.1. The number of amides is 1. The zero-order chi connectivity index (χ0) is 18.4. The van der Waals surface area contributed by atoms with Gasteiger partial charge < -0.3 is 14.8 Å². The van der Waals surface area contributed by atoms with Gasteiger partial charge >= 0.3 is 0 Å². The van der Waals surface area contributed by atoms with Crippen molar-refractivity contribution >= 4 is 5.91 Å². The Morgan fingerprint density at radius 2 is 1.64 bits per heavy atom. The first-order valence-corrected chi connectivity index (χ1v) is 8.47. The molecule has 2 rings (SSSR count). The van der Waals surface area contributed by atoms with E-state index in [1.165, 1.54) is 5.56 Å². The average molecular weight is 341 g/mol. The van der Waals surface area contributed by atoms with Gasteiger partial charge in [0.1, 0.15) is 0 Å². The van der Waals surface area contributed by atoms with Crippen LogP contribution in [0.1, 0.15) is 44.9 Å². The molecule has 1 amide bonds. The Bertz CT molecular complexity index is 702. The molecule has 25 heavy (non-hydrogen) atoms. The van der Waals surface area contributed by atoms with Crippen molar-refractivity contribution in [2.24, 2.45) is 0 Å². The second-order valence-corrected chi connectivity index (χ2v) is 7.10. The summed E-state index contributed by atoms with van der Waals surface area (Å²) >= 11 is 0. The molecular weight excluding hydrogens is 314 g/mol. The van der Waals surface area contributed by atoms with Gasteiger partial charge in [-0.05, 0) is 35.6 Å². The van der Waals surface area contributed by atoms with Crippen LogP contribution >= 0.6 is 0 Å². The monoisotopic (exact) mass is 341 g/mol. The minimum atomic E-state index is -0.168. The van der Waals surface area contributed by atoms with Gasteiger partial charge in [0.05, 0.1) is 13.2 Å². The third-order valence-electron chi connectivity index (χ3n) is 4.08. The molecule has 0 aliphatic carbocycles. The SMILES string of the molecule is COc1ccccc1OCC(=O)N[C@H](C)c1ccc(C(C)(C)C)cc1. The fraction of sp³-hybridized carbons (Fsp3) is 0.381. The summed E-state index contributed by atoms with van der Waals surface area (Å²) in [7, 11) is 1.57. The number of methoxy groups -OCH3 is 1. The van der Waals surface area contributed by atoms with Crippen LogP contribution in [0.4, 0.5) is 0 Å². The second kappa shape index (κ2) is 8.06. The first-order chi connectivity index (χ1) is 11.8. The van der Waals surface area contributed by atoms with Crippen molar-refractivity contribution in [2.45, 2.75) is 39.2 Å². The molecule has 2 aromatic rings. The number of carbonyl (C=O) groups excluding carboxylic acids is 1. The van der Waals surface area contributed by atoms with Crippen LogP contribution in [-0.4, -0.2) is 19.6 Å². The number of benzene rings is 2. The summed E-state index contributed by atoms with van der Waals surface area (Å²) in [5.74, 6) is 1.00. The largest absolute Gasteiger partial charge is 0.493 e. The Labute approximate surface area is 150 Å². The molecule has 4 heteroatoms. The molecule has 0 aromatic heterocycles. The van der Waals surface area contributed by atoms with Crippen molar-refractivity contribution in [3.8, 4) is 11.5 Å². The Hall–Kier alpha value is -2.49. The van der Waals surface area contributed by atoms with Gasteiger partial charge in [0, 0.05) is 0 Å². The first kappa shape index (κ1) is 18.8. The summed E-state index contributed by atoms with van der Waals surface area (Å²) in [6.45, 7) is 8.46. The molecule has 0 fully saturated rings. The highest BCUT2D eigenvalue weighted by atomic mass is 16.5. The number of hydrogen-bond acceptors (Lipinski definition) is 3. The molecule has 0 unspecified atom stereocenters. The van der Waals surface area contributed by atoms with Gasteiger partial charge in [-0.1, -0.05) is 57.2 Å². The minimum absolute atomic E-state index is 0.0508. The maximum Gasteiger partial charge on any atom is 0.258 e. The molecule has 1 N–H and O–H groups in total. The van der Waals surface area contributed by atoms with Crippen LogP contribution in [0.5, 0.6) is 11.5 Å². The first-order valence-electron chi connectivity index (χ1n) is 8.47. The van der Waals surface area contributed by atoms with Gasteiger partial charge in [-0.25, -0.2) is 0 Å². The van der Waals surface area contributed by atoms with E-state index in [4.69, 9.17) is 9.47 Å². The fourth-order valence-electron chi connectivity index (χ4n) is 2.52. The highest BCUT2D eigenvalue weighted by Crippen LogP contribution is 2.26. The molecule has 0 radical (unpaired) electrons. The van der Waals surface area contributed by atoms with Crippen LogP contribution in [0.2, 0.25) is 0 Å². The third-order valence-corrected chi connectivity index (χ3v) is 4.08. The fourth-order valence-corrected chi connectivity index (χ4v) is 2.52. The second-order valence-electron chi connectivity index (χ2n) is 7.10. The van der Waals surface area contributed by atoms with Gasteiger partial charge in [0.25, 0.3) is 5.91 Å². The molecule has 0 heterocycles. The minimum Gasteiger partial charge on any atom is -0.493 e. The van der Waals surface area contributed by atoms with Crippen LogP contribution in [0.25, 0.3) is 0 Å². The lowest BCUT2D eigenvalue weighted by atomic mass is 9.86. The number of hydrogen-bond donors (Lipinski definition) is 1. The standard InChI is InChI=1S/C21H27NO3/c1-15(16-10-12-17(13-11-16)21(2,3)4)22-20(23)14-25-19-9-7-6-8-18(19)24-5/h6-13,15H,14H2,1-5H3,(H,22,23)/t15-/m1/s1. The molecule has 134 valence electrons. The quantitative estimate of drug-likeness (QED) is 0.854. The Kier molecular flexibility index (Phi) is 6.07. The van der Waals surface area contributed by atoms with E-state index in [9.17, 15) is 4.79 Å². The number of para-hydroxylation sites is 2. The van der Waals surface area contributed by atoms with Crippen molar-refractivity contribution in [3.63, 3.8) is 0 Å². The van der Waals surface area contributed by atoms with E-state index in [0.717, 1.165) is 5.56 Å². The Morgan fingerprint density at radius 1 is 1.04 bits per heavy atom. The van der Waals surface area contributed by atoms with Crippen molar-refractivity contribution in [2.75, 3.05) is 13.7 Å². The molecule has 2 aromatic carbocycles. The van der Waals surface area contributed by atoms with Crippen LogP contribution in [-0.2, 0) is 10.2 Å². The average Bonchev–Trinajstić information content (AvgIpc) is 2.59. The molecule has 4 nitrogen and oxygen atoms in total. The Morgan fingerprint density at radius 3 is 2.20 bits per heavy atom. The number of nitrogens with one attached hydrogen (secondary N) is 1. The molecule has 1 atom stereocenters. The van der Waals surface area contributed by atoms with E-state index in [1.807, 2.05) is 19.1 Å². The normalized spacial score (nSPS) is 12.4. The Balaban J connectivity index is 1.91. The van der Waals surface area contributed by atoms with Crippen LogP contribution in [0, 0.1) is 0 Å². The van der Waals surface area contributed by atoms with Crippen LogP contribution in [0.3, 0.4) is 0 Å². The molecule has 0 aliphatic rings. The summed E-state index contributed by atoms with van der Waals surface area (Å²) in [6, 6.07) is 15.5. The van der Waals surface area contributed by atoms with Crippen molar-refractivity contribution in [3.05, 3.63) is 59.7 Å². The topological polar surface area (TPSA) is 47.6 Å². The van der Waals surface area contributed by atoms with Crippen molar-refractivity contribution in [1.82, 2.24) is 5.32 Å².